The Morgan fingerprint density at radius 1 is 1.12 bits per heavy atom. The molecule has 0 saturated heterocycles. The molecule has 1 N–H and O–H groups in total. The first-order chi connectivity index (χ1) is 8.26. The van der Waals surface area contributed by atoms with Crippen LogP contribution >= 0.6 is 0 Å². The SMILES string of the molecule is CCC[Si](OC)(OC)OCNc1ccccc1. The molecule has 0 heterocycles. The molecule has 0 aliphatic heterocycles. The van der Waals surface area contributed by atoms with Crippen LogP contribution in [0.15, 0.2) is 30.3 Å². The minimum absolute atomic E-state index is 0.401. The maximum atomic E-state index is 5.76. The molecule has 0 saturated carbocycles. The molecule has 1 aromatic rings. The predicted octanol–water partition coefficient (Wildman–Crippen LogP) is 2.71. The van der Waals surface area contributed by atoms with Gasteiger partial charge in [-0.05, 0) is 12.1 Å². The summed E-state index contributed by atoms with van der Waals surface area (Å²) in [6.45, 7) is 2.49. The van der Waals surface area contributed by atoms with Gasteiger partial charge in [0.05, 0.1) is 0 Å². The first-order valence-electron chi connectivity index (χ1n) is 5.79. The summed E-state index contributed by atoms with van der Waals surface area (Å²) in [6.07, 6.45) is 0.985. The minimum Gasteiger partial charge on any atom is -0.377 e. The Balaban J connectivity index is 2.42. The van der Waals surface area contributed by atoms with Gasteiger partial charge in [0.15, 0.2) is 0 Å². The molecule has 0 spiro atoms. The smallest absolute Gasteiger partial charge is 0.377 e. The maximum Gasteiger partial charge on any atom is 0.501 e. The first-order valence-corrected chi connectivity index (χ1v) is 7.72. The lowest BCUT2D eigenvalue weighted by Crippen LogP contribution is -2.44. The third-order valence-corrected chi connectivity index (χ3v) is 5.46. The third kappa shape index (κ3) is 4.47. The van der Waals surface area contributed by atoms with Crippen LogP contribution in [0.25, 0.3) is 0 Å². The quantitative estimate of drug-likeness (QED) is 0.573. The summed E-state index contributed by atoms with van der Waals surface area (Å²) in [4.78, 5) is 0. The molecule has 0 unspecified atom stereocenters. The molecule has 0 aliphatic carbocycles. The molecular formula is C12H21NO3Si. The van der Waals surface area contributed by atoms with Gasteiger partial charge in [-0.15, -0.1) is 0 Å². The highest BCUT2D eigenvalue weighted by Gasteiger charge is 2.37. The van der Waals surface area contributed by atoms with Crippen molar-refractivity contribution in [1.82, 2.24) is 0 Å². The van der Waals surface area contributed by atoms with E-state index in [0.717, 1.165) is 18.2 Å². The summed E-state index contributed by atoms with van der Waals surface area (Å²) in [5.74, 6) is 0. The fourth-order valence-corrected chi connectivity index (χ4v) is 3.43. The van der Waals surface area contributed by atoms with Gasteiger partial charge < -0.3 is 18.6 Å². The van der Waals surface area contributed by atoms with Crippen LogP contribution in [0, 0.1) is 0 Å². The van der Waals surface area contributed by atoms with E-state index in [-0.39, 0.29) is 0 Å². The molecule has 0 amide bonds. The third-order valence-electron chi connectivity index (χ3n) is 2.52. The summed E-state index contributed by atoms with van der Waals surface area (Å²) in [6, 6.07) is 10.7. The number of benzene rings is 1. The van der Waals surface area contributed by atoms with E-state index in [9.17, 15) is 0 Å². The number of nitrogens with one attached hydrogen (secondary N) is 1. The van der Waals surface area contributed by atoms with Crippen molar-refractivity contribution in [3.8, 4) is 0 Å². The van der Waals surface area contributed by atoms with Gasteiger partial charge in [-0.3, -0.25) is 0 Å². The van der Waals surface area contributed by atoms with Gasteiger partial charge in [0.1, 0.15) is 6.73 Å². The van der Waals surface area contributed by atoms with Crippen molar-refractivity contribution in [2.45, 2.75) is 19.4 Å². The summed E-state index contributed by atoms with van der Waals surface area (Å²) >= 11 is 0. The van der Waals surface area contributed by atoms with Crippen LogP contribution in [0.3, 0.4) is 0 Å². The van der Waals surface area contributed by atoms with Crippen molar-refractivity contribution in [1.29, 1.82) is 0 Å². The van der Waals surface area contributed by atoms with E-state index in [0.29, 0.717) is 6.73 Å². The number of rotatable bonds is 8. The number of hydrogen-bond acceptors (Lipinski definition) is 4. The standard InChI is InChI=1S/C12H21NO3Si/c1-4-10-17(14-2,15-3)16-11-13-12-8-6-5-7-9-12/h5-9,13H,4,10-11H2,1-3H3. The fourth-order valence-electron chi connectivity index (χ4n) is 1.57. The molecule has 0 atom stereocenters. The van der Waals surface area contributed by atoms with Crippen LogP contribution in [-0.4, -0.2) is 29.8 Å². The van der Waals surface area contributed by atoms with Gasteiger partial charge >= 0.3 is 8.80 Å². The highest BCUT2D eigenvalue weighted by Crippen LogP contribution is 2.16. The van der Waals surface area contributed by atoms with Gasteiger partial charge in [-0.2, -0.15) is 0 Å². The highest BCUT2D eigenvalue weighted by molar-refractivity contribution is 6.60. The van der Waals surface area contributed by atoms with Crippen molar-refractivity contribution >= 4 is 14.5 Å². The Morgan fingerprint density at radius 3 is 2.29 bits per heavy atom. The largest absolute Gasteiger partial charge is 0.501 e. The molecule has 1 aromatic carbocycles. The maximum absolute atomic E-state index is 5.76. The number of anilines is 1. The normalized spacial score (nSPS) is 11.5. The topological polar surface area (TPSA) is 39.7 Å². The Kier molecular flexibility index (Phi) is 6.21. The predicted molar refractivity (Wildman–Crippen MR) is 70.9 cm³/mol. The monoisotopic (exact) mass is 255 g/mol. The van der Waals surface area contributed by atoms with Crippen molar-refractivity contribution in [3.05, 3.63) is 30.3 Å². The van der Waals surface area contributed by atoms with Crippen LogP contribution in [0.1, 0.15) is 13.3 Å². The minimum atomic E-state index is -2.46. The van der Waals surface area contributed by atoms with E-state index >= 15 is 0 Å². The molecular weight excluding hydrogens is 234 g/mol. The van der Waals surface area contributed by atoms with Gasteiger partial charge in [0.25, 0.3) is 0 Å². The Labute approximate surface area is 104 Å². The molecule has 0 bridgehead atoms. The molecule has 4 nitrogen and oxygen atoms in total. The molecule has 0 aromatic heterocycles. The lowest BCUT2D eigenvalue weighted by Gasteiger charge is -2.26. The van der Waals surface area contributed by atoms with E-state index in [4.69, 9.17) is 13.3 Å². The molecule has 0 aliphatic rings. The van der Waals surface area contributed by atoms with Crippen LogP contribution in [0.4, 0.5) is 5.69 Å². The average Bonchev–Trinajstić information content (AvgIpc) is 2.39. The zero-order valence-corrected chi connectivity index (χ0v) is 11.7. The second-order valence-corrected chi connectivity index (χ2v) is 6.64. The van der Waals surface area contributed by atoms with Crippen molar-refractivity contribution in [2.75, 3.05) is 26.3 Å². The number of hydrogen-bond donors (Lipinski definition) is 1. The Hall–Kier alpha value is -0.883. The van der Waals surface area contributed by atoms with Crippen molar-refractivity contribution in [2.24, 2.45) is 0 Å². The lowest BCUT2D eigenvalue weighted by atomic mass is 10.3. The van der Waals surface area contributed by atoms with Gasteiger partial charge in [0.2, 0.25) is 0 Å². The Morgan fingerprint density at radius 2 is 1.76 bits per heavy atom. The zero-order valence-electron chi connectivity index (χ0n) is 10.7. The molecule has 96 valence electrons. The van der Waals surface area contributed by atoms with E-state index in [1.807, 2.05) is 30.3 Å². The average molecular weight is 255 g/mol. The second-order valence-electron chi connectivity index (χ2n) is 3.67. The summed E-state index contributed by atoms with van der Waals surface area (Å²) in [7, 11) is 0.834. The first kappa shape index (κ1) is 14.2. The molecule has 17 heavy (non-hydrogen) atoms. The highest BCUT2D eigenvalue weighted by atomic mass is 28.4. The van der Waals surface area contributed by atoms with Gasteiger partial charge in [-0.1, -0.05) is 31.5 Å². The molecule has 0 radical (unpaired) electrons. The van der Waals surface area contributed by atoms with E-state index < -0.39 is 8.80 Å². The van der Waals surface area contributed by atoms with Gasteiger partial charge in [-0.25, -0.2) is 0 Å². The zero-order chi connectivity index (χ0) is 12.6. The van der Waals surface area contributed by atoms with Crippen LogP contribution in [0.2, 0.25) is 6.04 Å². The van der Waals surface area contributed by atoms with Crippen molar-refractivity contribution in [3.63, 3.8) is 0 Å². The molecule has 0 fully saturated rings. The van der Waals surface area contributed by atoms with Crippen LogP contribution in [0.5, 0.6) is 0 Å². The van der Waals surface area contributed by atoms with Crippen LogP contribution in [-0.2, 0) is 13.3 Å². The van der Waals surface area contributed by atoms with Crippen molar-refractivity contribution < 1.29 is 13.3 Å². The van der Waals surface area contributed by atoms with Gasteiger partial charge in [0, 0.05) is 26.0 Å². The van der Waals surface area contributed by atoms with E-state index in [1.54, 1.807) is 14.2 Å². The molecule has 5 heteroatoms. The summed E-state index contributed by atoms with van der Waals surface area (Å²) in [5.41, 5.74) is 1.03. The van der Waals surface area contributed by atoms with E-state index in [2.05, 4.69) is 12.2 Å². The fraction of sp³-hybridized carbons (Fsp3) is 0.500. The second kappa shape index (κ2) is 7.44. The number of para-hydroxylation sites is 1. The molecule has 1 rings (SSSR count). The Bertz CT molecular complexity index is 304. The van der Waals surface area contributed by atoms with E-state index in [1.165, 1.54) is 0 Å². The lowest BCUT2D eigenvalue weighted by molar-refractivity contribution is 0.106. The summed E-state index contributed by atoms with van der Waals surface area (Å²) < 4.78 is 16.6. The van der Waals surface area contributed by atoms with Crippen LogP contribution < -0.4 is 5.32 Å². The summed E-state index contributed by atoms with van der Waals surface area (Å²) in [5, 5.41) is 3.18.